The first kappa shape index (κ1) is 15.1. The van der Waals surface area contributed by atoms with Crippen molar-refractivity contribution in [2.24, 2.45) is 0 Å². The molecule has 2 rings (SSSR count). The number of benzene rings is 2. The summed E-state index contributed by atoms with van der Waals surface area (Å²) in [6.07, 6.45) is 0.125. The fourth-order valence-electron chi connectivity index (χ4n) is 2.15. The van der Waals surface area contributed by atoms with Crippen LogP contribution in [0.5, 0.6) is 5.75 Å². The van der Waals surface area contributed by atoms with Crippen molar-refractivity contribution in [1.29, 1.82) is 0 Å². The summed E-state index contributed by atoms with van der Waals surface area (Å²) >= 11 is 0. The van der Waals surface area contributed by atoms with Gasteiger partial charge in [0.1, 0.15) is 5.75 Å². The van der Waals surface area contributed by atoms with Gasteiger partial charge in [-0.05, 0) is 11.6 Å². The number of aliphatic hydroxyl groups excluding tert-OH is 1. The first-order chi connectivity index (χ1) is 10.2. The third kappa shape index (κ3) is 4.33. The van der Waals surface area contributed by atoms with Crippen LogP contribution in [0.4, 0.5) is 0 Å². The smallest absolute Gasteiger partial charge is 0.227 e. The predicted octanol–water partition coefficient (Wildman–Crippen LogP) is 1.96. The van der Waals surface area contributed by atoms with Gasteiger partial charge in [0, 0.05) is 18.7 Å². The number of phenols is 1. The molecule has 4 heteroatoms. The molecule has 2 aromatic carbocycles. The zero-order valence-corrected chi connectivity index (χ0v) is 11.8. The maximum atomic E-state index is 12.4. The van der Waals surface area contributed by atoms with Crippen molar-refractivity contribution in [3.05, 3.63) is 65.7 Å². The van der Waals surface area contributed by atoms with E-state index in [0.717, 1.165) is 5.56 Å². The van der Waals surface area contributed by atoms with Crippen molar-refractivity contribution in [3.63, 3.8) is 0 Å². The monoisotopic (exact) mass is 285 g/mol. The van der Waals surface area contributed by atoms with Gasteiger partial charge in [0.25, 0.3) is 0 Å². The van der Waals surface area contributed by atoms with Crippen LogP contribution in [0.3, 0.4) is 0 Å². The summed E-state index contributed by atoms with van der Waals surface area (Å²) in [6, 6.07) is 16.4. The largest absolute Gasteiger partial charge is 0.508 e. The second-order valence-corrected chi connectivity index (χ2v) is 4.83. The number of hydrogen-bond acceptors (Lipinski definition) is 3. The summed E-state index contributed by atoms with van der Waals surface area (Å²) in [5, 5.41) is 18.9. The van der Waals surface area contributed by atoms with E-state index in [-0.39, 0.29) is 31.2 Å². The zero-order chi connectivity index (χ0) is 15.1. The highest BCUT2D eigenvalue weighted by molar-refractivity contribution is 5.79. The molecule has 0 aromatic heterocycles. The zero-order valence-electron chi connectivity index (χ0n) is 11.8. The fourth-order valence-corrected chi connectivity index (χ4v) is 2.15. The Morgan fingerprint density at radius 3 is 2.33 bits per heavy atom. The Labute approximate surface area is 124 Å². The molecule has 0 fully saturated rings. The molecule has 21 heavy (non-hydrogen) atoms. The third-order valence-corrected chi connectivity index (χ3v) is 3.27. The minimum atomic E-state index is -0.116. The van der Waals surface area contributed by atoms with E-state index in [1.165, 1.54) is 0 Å². The molecule has 0 radical (unpaired) electrons. The SMILES string of the molecule is O=C(Cc1ccccc1O)N(CCO)Cc1ccccc1. The van der Waals surface area contributed by atoms with E-state index in [1.54, 1.807) is 29.2 Å². The molecule has 4 nitrogen and oxygen atoms in total. The van der Waals surface area contributed by atoms with Gasteiger partial charge < -0.3 is 15.1 Å². The molecule has 0 aliphatic heterocycles. The Morgan fingerprint density at radius 1 is 1.00 bits per heavy atom. The van der Waals surface area contributed by atoms with Gasteiger partial charge in [-0.3, -0.25) is 4.79 Å². The lowest BCUT2D eigenvalue weighted by atomic mass is 10.1. The van der Waals surface area contributed by atoms with Crippen molar-refractivity contribution in [3.8, 4) is 5.75 Å². The summed E-state index contributed by atoms with van der Waals surface area (Å²) in [6.45, 7) is 0.647. The number of nitrogens with zero attached hydrogens (tertiary/aromatic N) is 1. The number of hydrogen-bond donors (Lipinski definition) is 2. The molecule has 1 amide bonds. The van der Waals surface area contributed by atoms with E-state index in [4.69, 9.17) is 5.11 Å². The van der Waals surface area contributed by atoms with E-state index in [9.17, 15) is 9.90 Å². The second kappa shape index (κ2) is 7.45. The molecule has 0 spiro atoms. The fraction of sp³-hybridized carbons (Fsp3) is 0.235. The van der Waals surface area contributed by atoms with Crippen molar-refractivity contribution in [1.82, 2.24) is 4.90 Å². The molecular formula is C17H19NO3. The highest BCUT2D eigenvalue weighted by Crippen LogP contribution is 2.17. The van der Waals surface area contributed by atoms with Gasteiger partial charge in [-0.25, -0.2) is 0 Å². The minimum Gasteiger partial charge on any atom is -0.508 e. The molecule has 0 saturated heterocycles. The first-order valence-electron chi connectivity index (χ1n) is 6.90. The average Bonchev–Trinajstić information content (AvgIpc) is 2.50. The van der Waals surface area contributed by atoms with E-state index < -0.39 is 0 Å². The third-order valence-electron chi connectivity index (χ3n) is 3.27. The van der Waals surface area contributed by atoms with E-state index in [1.807, 2.05) is 30.3 Å². The highest BCUT2D eigenvalue weighted by atomic mass is 16.3. The number of carbonyl (C=O) groups is 1. The summed E-state index contributed by atoms with van der Waals surface area (Å²) in [5.41, 5.74) is 1.61. The number of para-hydroxylation sites is 1. The molecule has 2 aromatic rings. The van der Waals surface area contributed by atoms with E-state index in [0.29, 0.717) is 12.1 Å². The van der Waals surface area contributed by atoms with Crippen molar-refractivity contribution in [2.45, 2.75) is 13.0 Å². The lowest BCUT2D eigenvalue weighted by Crippen LogP contribution is -2.34. The lowest BCUT2D eigenvalue weighted by Gasteiger charge is -2.22. The van der Waals surface area contributed by atoms with Gasteiger partial charge in [0.2, 0.25) is 5.91 Å². The molecule has 0 unspecified atom stereocenters. The molecule has 0 bridgehead atoms. The summed E-state index contributed by atoms with van der Waals surface area (Å²) < 4.78 is 0. The topological polar surface area (TPSA) is 60.8 Å². The van der Waals surface area contributed by atoms with Crippen LogP contribution in [-0.2, 0) is 17.8 Å². The van der Waals surface area contributed by atoms with Crippen LogP contribution in [-0.4, -0.2) is 34.2 Å². The average molecular weight is 285 g/mol. The van der Waals surface area contributed by atoms with Crippen LogP contribution in [0, 0.1) is 0 Å². The molecule has 0 saturated carbocycles. The highest BCUT2D eigenvalue weighted by Gasteiger charge is 2.15. The number of aliphatic hydroxyl groups is 1. The standard InChI is InChI=1S/C17H19NO3/c19-11-10-18(13-14-6-2-1-3-7-14)17(21)12-15-8-4-5-9-16(15)20/h1-9,19-20H,10-13H2. The summed E-state index contributed by atoms with van der Waals surface area (Å²) in [5.74, 6) is 0.00362. The van der Waals surface area contributed by atoms with Crippen LogP contribution >= 0.6 is 0 Å². The number of carbonyl (C=O) groups excluding carboxylic acids is 1. The Bertz CT molecular complexity index is 584. The van der Waals surface area contributed by atoms with Gasteiger partial charge in [0.15, 0.2) is 0 Å². The van der Waals surface area contributed by atoms with Crippen molar-refractivity contribution in [2.75, 3.05) is 13.2 Å². The van der Waals surface area contributed by atoms with E-state index >= 15 is 0 Å². The number of phenolic OH excluding ortho intramolecular Hbond substituents is 1. The van der Waals surface area contributed by atoms with E-state index in [2.05, 4.69) is 0 Å². The number of rotatable bonds is 6. The first-order valence-corrected chi connectivity index (χ1v) is 6.90. The normalized spacial score (nSPS) is 10.3. The number of aromatic hydroxyl groups is 1. The molecule has 0 heterocycles. The maximum Gasteiger partial charge on any atom is 0.227 e. The van der Waals surface area contributed by atoms with Gasteiger partial charge in [-0.15, -0.1) is 0 Å². The Balaban J connectivity index is 2.07. The molecule has 0 atom stereocenters. The Hall–Kier alpha value is -2.33. The van der Waals surface area contributed by atoms with Gasteiger partial charge in [0.05, 0.1) is 13.0 Å². The molecule has 2 N–H and O–H groups in total. The summed E-state index contributed by atoms with van der Waals surface area (Å²) in [7, 11) is 0. The van der Waals surface area contributed by atoms with Crippen molar-refractivity contribution < 1.29 is 15.0 Å². The minimum absolute atomic E-state index is 0.0840. The van der Waals surface area contributed by atoms with Gasteiger partial charge in [-0.1, -0.05) is 48.5 Å². The van der Waals surface area contributed by atoms with Crippen LogP contribution in [0.25, 0.3) is 0 Å². The van der Waals surface area contributed by atoms with Crippen LogP contribution < -0.4 is 0 Å². The van der Waals surface area contributed by atoms with Crippen LogP contribution in [0.1, 0.15) is 11.1 Å². The van der Waals surface area contributed by atoms with Crippen molar-refractivity contribution >= 4 is 5.91 Å². The number of amides is 1. The molecule has 0 aliphatic carbocycles. The quantitative estimate of drug-likeness (QED) is 0.853. The second-order valence-electron chi connectivity index (χ2n) is 4.83. The molecular weight excluding hydrogens is 266 g/mol. The van der Waals surface area contributed by atoms with Crippen LogP contribution in [0.15, 0.2) is 54.6 Å². The Morgan fingerprint density at radius 2 is 1.67 bits per heavy atom. The predicted molar refractivity (Wildman–Crippen MR) is 80.8 cm³/mol. The summed E-state index contributed by atoms with van der Waals surface area (Å²) in [4.78, 5) is 14.0. The molecule has 110 valence electrons. The van der Waals surface area contributed by atoms with Gasteiger partial charge in [-0.2, -0.15) is 0 Å². The Kier molecular flexibility index (Phi) is 5.35. The lowest BCUT2D eigenvalue weighted by molar-refractivity contribution is -0.131. The van der Waals surface area contributed by atoms with Gasteiger partial charge >= 0.3 is 0 Å². The maximum absolute atomic E-state index is 12.4. The molecule has 0 aliphatic rings. The van der Waals surface area contributed by atoms with Crippen LogP contribution in [0.2, 0.25) is 0 Å².